The fourth-order valence-corrected chi connectivity index (χ4v) is 1.57. The molecule has 1 fully saturated rings. The van der Waals surface area contributed by atoms with Gasteiger partial charge in [0.05, 0.1) is 6.10 Å². The van der Waals surface area contributed by atoms with Crippen molar-refractivity contribution < 1.29 is 9.90 Å². The summed E-state index contributed by atoms with van der Waals surface area (Å²) in [6, 6.07) is 0. The molecule has 0 radical (unpaired) electrons. The monoisotopic (exact) mass is 171 g/mol. The zero-order chi connectivity index (χ0) is 9.14. The quantitative estimate of drug-likeness (QED) is 0.650. The second-order valence-electron chi connectivity index (χ2n) is 3.97. The number of aliphatic hydroxyl groups excluding tert-OH is 1. The van der Waals surface area contributed by atoms with Crippen molar-refractivity contribution in [3.63, 3.8) is 0 Å². The Bertz CT molecular complexity index is 168. The highest BCUT2D eigenvalue weighted by Crippen LogP contribution is 2.19. The summed E-state index contributed by atoms with van der Waals surface area (Å²) in [6.45, 7) is 4.80. The Morgan fingerprint density at radius 3 is 2.75 bits per heavy atom. The fourth-order valence-electron chi connectivity index (χ4n) is 1.57. The summed E-state index contributed by atoms with van der Waals surface area (Å²) >= 11 is 0. The number of carbonyl (C=O) groups excluding carboxylic acids is 1. The van der Waals surface area contributed by atoms with Gasteiger partial charge in [-0.2, -0.15) is 0 Å². The molecule has 70 valence electrons. The first-order valence-corrected chi connectivity index (χ1v) is 4.54. The van der Waals surface area contributed by atoms with Gasteiger partial charge in [0.1, 0.15) is 0 Å². The van der Waals surface area contributed by atoms with E-state index in [1.54, 1.807) is 0 Å². The highest BCUT2D eigenvalue weighted by atomic mass is 16.3. The van der Waals surface area contributed by atoms with Crippen molar-refractivity contribution >= 4 is 5.91 Å². The maximum atomic E-state index is 10.8. The molecule has 1 amide bonds. The molecule has 1 rings (SSSR count). The predicted molar refractivity (Wildman–Crippen MR) is 46.6 cm³/mol. The van der Waals surface area contributed by atoms with Crippen LogP contribution in [0.4, 0.5) is 0 Å². The zero-order valence-corrected chi connectivity index (χ0v) is 7.71. The standard InChI is InChI=1S/C9H17NO2/c1-6(2)3-8(11)7-4-9(12)10-5-7/h6-8,11H,3-5H2,1-2H3,(H,10,12)/t7-,8?/m1/s1. The third kappa shape index (κ3) is 2.48. The van der Waals surface area contributed by atoms with Crippen LogP contribution in [0.5, 0.6) is 0 Å². The van der Waals surface area contributed by atoms with E-state index in [4.69, 9.17) is 0 Å². The summed E-state index contributed by atoms with van der Waals surface area (Å²) in [5.74, 6) is 0.707. The molecule has 0 spiro atoms. The summed E-state index contributed by atoms with van der Waals surface area (Å²) < 4.78 is 0. The smallest absolute Gasteiger partial charge is 0.220 e. The summed E-state index contributed by atoms with van der Waals surface area (Å²) in [4.78, 5) is 10.8. The molecule has 1 saturated heterocycles. The van der Waals surface area contributed by atoms with Crippen molar-refractivity contribution in [2.24, 2.45) is 11.8 Å². The normalized spacial score (nSPS) is 26.0. The van der Waals surface area contributed by atoms with Gasteiger partial charge in [-0.25, -0.2) is 0 Å². The molecule has 1 aliphatic heterocycles. The van der Waals surface area contributed by atoms with Crippen LogP contribution in [0.1, 0.15) is 26.7 Å². The lowest BCUT2D eigenvalue weighted by atomic mass is 9.94. The van der Waals surface area contributed by atoms with Gasteiger partial charge in [0.15, 0.2) is 0 Å². The van der Waals surface area contributed by atoms with E-state index in [-0.39, 0.29) is 17.9 Å². The molecule has 1 aliphatic rings. The number of hydrogen-bond acceptors (Lipinski definition) is 2. The predicted octanol–water partition coefficient (Wildman–Crippen LogP) is 0.529. The maximum absolute atomic E-state index is 10.8. The Morgan fingerprint density at radius 2 is 2.33 bits per heavy atom. The summed E-state index contributed by atoms with van der Waals surface area (Å²) in [5.41, 5.74) is 0. The minimum absolute atomic E-state index is 0.0720. The van der Waals surface area contributed by atoms with Crippen LogP contribution in [-0.4, -0.2) is 23.7 Å². The van der Waals surface area contributed by atoms with E-state index in [1.165, 1.54) is 0 Å². The first-order chi connectivity index (χ1) is 5.59. The van der Waals surface area contributed by atoms with Crippen molar-refractivity contribution in [3.8, 4) is 0 Å². The number of aliphatic hydroxyl groups is 1. The van der Waals surface area contributed by atoms with E-state index < -0.39 is 0 Å². The van der Waals surface area contributed by atoms with Crippen LogP contribution in [0.25, 0.3) is 0 Å². The number of hydrogen-bond donors (Lipinski definition) is 2. The lowest BCUT2D eigenvalue weighted by Gasteiger charge is -2.17. The molecule has 12 heavy (non-hydrogen) atoms. The molecule has 0 bridgehead atoms. The summed E-state index contributed by atoms with van der Waals surface area (Å²) in [6.07, 6.45) is 0.969. The first-order valence-electron chi connectivity index (χ1n) is 4.54. The zero-order valence-electron chi connectivity index (χ0n) is 7.71. The minimum atomic E-state index is -0.316. The van der Waals surface area contributed by atoms with Crippen LogP contribution in [0, 0.1) is 11.8 Å². The van der Waals surface area contributed by atoms with Gasteiger partial charge in [-0.3, -0.25) is 4.79 Å². The molecule has 0 aromatic carbocycles. The van der Waals surface area contributed by atoms with Gasteiger partial charge in [0.25, 0.3) is 0 Å². The summed E-state index contributed by atoms with van der Waals surface area (Å²) in [5, 5.41) is 12.4. The molecule has 1 unspecified atom stereocenters. The van der Waals surface area contributed by atoms with Gasteiger partial charge >= 0.3 is 0 Å². The second kappa shape index (κ2) is 3.90. The lowest BCUT2D eigenvalue weighted by molar-refractivity contribution is -0.119. The second-order valence-corrected chi connectivity index (χ2v) is 3.97. The Hall–Kier alpha value is -0.570. The third-order valence-corrected chi connectivity index (χ3v) is 2.27. The van der Waals surface area contributed by atoms with E-state index in [1.807, 2.05) is 0 Å². The Kier molecular flexibility index (Phi) is 3.09. The molecular formula is C9H17NO2. The van der Waals surface area contributed by atoms with Crippen molar-refractivity contribution in [1.82, 2.24) is 5.32 Å². The molecular weight excluding hydrogens is 154 g/mol. The van der Waals surface area contributed by atoms with Crippen molar-refractivity contribution in [2.45, 2.75) is 32.8 Å². The van der Waals surface area contributed by atoms with Gasteiger partial charge in [-0.05, 0) is 12.3 Å². The topological polar surface area (TPSA) is 49.3 Å². The van der Waals surface area contributed by atoms with Crippen LogP contribution >= 0.6 is 0 Å². The fraction of sp³-hybridized carbons (Fsp3) is 0.889. The number of rotatable bonds is 3. The lowest BCUT2D eigenvalue weighted by Crippen LogP contribution is -2.24. The van der Waals surface area contributed by atoms with E-state index in [2.05, 4.69) is 19.2 Å². The van der Waals surface area contributed by atoms with Crippen LogP contribution in [0.2, 0.25) is 0 Å². The van der Waals surface area contributed by atoms with Crippen molar-refractivity contribution in [1.29, 1.82) is 0 Å². The Balaban J connectivity index is 2.32. The van der Waals surface area contributed by atoms with Gasteiger partial charge in [0, 0.05) is 18.9 Å². The maximum Gasteiger partial charge on any atom is 0.220 e. The van der Waals surface area contributed by atoms with E-state index in [0.29, 0.717) is 18.9 Å². The van der Waals surface area contributed by atoms with E-state index >= 15 is 0 Å². The highest BCUT2D eigenvalue weighted by Gasteiger charge is 2.27. The molecule has 0 saturated carbocycles. The minimum Gasteiger partial charge on any atom is -0.393 e. The first kappa shape index (κ1) is 9.52. The van der Waals surface area contributed by atoms with Crippen LogP contribution in [0.3, 0.4) is 0 Å². The molecule has 2 atom stereocenters. The summed E-state index contributed by atoms with van der Waals surface area (Å²) in [7, 11) is 0. The molecule has 0 aromatic rings. The largest absolute Gasteiger partial charge is 0.393 e. The number of carbonyl (C=O) groups is 1. The highest BCUT2D eigenvalue weighted by molar-refractivity contribution is 5.78. The van der Waals surface area contributed by atoms with Crippen LogP contribution in [0.15, 0.2) is 0 Å². The molecule has 1 heterocycles. The van der Waals surface area contributed by atoms with Gasteiger partial charge in [-0.15, -0.1) is 0 Å². The average molecular weight is 171 g/mol. The average Bonchev–Trinajstić information content (AvgIpc) is 2.34. The molecule has 3 heteroatoms. The number of nitrogens with one attached hydrogen (secondary N) is 1. The molecule has 3 nitrogen and oxygen atoms in total. The van der Waals surface area contributed by atoms with Crippen LogP contribution < -0.4 is 5.32 Å². The number of amides is 1. The molecule has 2 N–H and O–H groups in total. The van der Waals surface area contributed by atoms with Gasteiger partial charge in [-0.1, -0.05) is 13.8 Å². The van der Waals surface area contributed by atoms with Crippen molar-refractivity contribution in [2.75, 3.05) is 6.54 Å². The van der Waals surface area contributed by atoms with Crippen LogP contribution in [-0.2, 0) is 4.79 Å². The molecule has 0 aromatic heterocycles. The molecule has 0 aliphatic carbocycles. The van der Waals surface area contributed by atoms with Crippen molar-refractivity contribution in [3.05, 3.63) is 0 Å². The van der Waals surface area contributed by atoms with Gasteiger partial charge in [0.2, 0.25) is 5.91 Å². The Morgan fingerprint density at radius 1 is 1.67 bits per heavy atom. The van der Waals surface area contributed by atoms with E-state index in [0.717, 1.165) is 6.42 Å². The van der Waals surface area contributed by atoms with E-state index in [9.17, 15) is 9.90 Å². The van der Waals surface area contributed by atoms with Gasteiger partial charge < -0.3 is 10.4 Å². The third-order valence-electron chi connectivity index (χ3n) is 2.27. The SMILES string of the molecule is CC(C)CC(O)[C@H]1CNC(=O)C1. The Labute approximate surface area is 73.2 Å².